The summed E-state index contributed by atoms with van der Waals surface area (Å²) < 4.78 is 37.8. The maximum absolute atomic E-state index is 12.6. The Morgan fingerprint density at radius 1 is 1.25 bits per heavy atom. The van der Waals surface area contributed by atoms with E-state index in [0.29, 0.717) is 0 Å². The zero-order valence-electron chi connectivity index (χ0n) is 8.67. The Morgan fingerprint density at radius 2 is 1.94 bits per heavy atom. The molecule has 1 nitrogen and oxygen atoms in total. The predicted molar refractivity (Wildman–Crippen MR) is 54.8 cm³/mol. The lowest BCUT2D eigenvalue weighted by molar-refractivity contribution is -0.258. The summed E-state index contributed by atoms with van der Waals surface area (Å²) in [5.74, 6) is 0. The molecule has 0 bridgehead atoms. The average Bonchev–Trinajstić information content (AvgIpc) is 2.61. The number of allylic oxidation sites excluding steroid dienone is 1. The van der Waals surface area contributed by atoms with Gasteiger partial charge in [-0.25, -0.2) is 0 Å². The molecule has 0 aliphatic heterocycles. The van der Waals surface area contributed by atoms with Crippen molar-refractivity contribution in [3.05, 3.63) is 41.0 Å². The number of benzene rings is 1. The number of halogens is 3. The SMILES string of the molecule is CC(O)(c1ccc2c(c1)C=CC2)C(F)(F)F. The molecule has 1 aliphatic rings. The van der Waals surface area contributed by atoms with E-state index in [1.165, 1.54) is 12.1 Å². The van der Waals surface area contributed by atoms with Gasteiger partial charge in [0.15, 0.2) is 5.60 Å². The zero-order valence-corrected chi connectivity index (χ0v) is 8.67. The fourth-order valence-corrected chi connectivity index (χ4v) is 1.72. The van der Waals surface area contributed by atoms with Crippen LogP contribution < -0.4 is 0 Å². The van der Waals surface area contributed by atoms with Crippen LogP contribution in [0.3, 0.4) is 0 Å². The Morgan fingerprint density at radius 3 is 2.56 bits per heavy atom. The minimum Gasteiger partial charge on any atom is -0.376 e. The molecule has 0 radical (unpaired) electrons. The maximum Gasteiger partial charge on any atom is 0.421 e. The highest BCUT2D eigenvalue weighted by molar-refractivity contribution is 5.61. The number of rotatable bonds is 1. The summed E-state index contributed by atoms with van der Waals surface area (Å²) in [6, 6.07) is 4.36. The second kappa shape index (κ2) is 3.35. The monoisotopic (exact) mass is 228 g/mol. The van der Waals surface area contributed by atoms with Crippen LogP contribution in [0.25, 0.3) is 6.08 Å². The van der Waals surface area contributed by atoms with E-state index in [9.17, 15) is 18.3 Å². The van der Waals surface area contributed by atoms with Gasteiger partial charge >= 0.3 is 6.18 Å². The van der Waals surface area contributed by atoms with Gasteiger partial charge < -0.3 is 5.11 Å². The van der Waals surface area contributed by atoms with Crippen molar-refractivity contribution < 1.29 is 18.3 Å². The molecule has 4 heteroatoms. The third-order valence-electron chi connectivity index (χ3n) is 2.90. The number of fused-ring (bicyclic) bond motifs is 1. The summed E-state index contributed by atoms with van der Waals surface area (Å²) in [6.45, 7) is 0.771. The molecule has 16 heavy (non-hydrogen) atoms. The molecule has 1 N–H and O–H groups in total. The first-order valence-electron chi connectivity index (χ1n) is 4.91. The van der Waals surface area contributed by atoms with Crippen LogP contribution in [0.5, 0.6) is 0 Å². The molecule has 0 saturated carbocycles. The molecule has 1 aliphatic carbocycles. The molecule has 1 atom stereocenters. The quantitative estimate of drug-likeness (QED) is 0.783. The van der Waals surface area contributed by atoms with Crippen LogP contribution in [0.1, 0.15) is 23.6 Å². The van der Waals surface area contributed by atoms with E-state index in [1.54, 1.807) is 12.1 Å². The van der Waals surface area contributed by atoms with Gasteiger partial charge in [0.25, 0.3) is 0 Å². The van der Waals surface area contributed by atoms with Gasteiger partial charge in [0, 0.05) is 0 Å². The molecule has 86 valence electrons. The lowest BCUT2D eigenvalue weighted by atomic mass is 9.92. The number of alkyl halides is 3. The first-order chi connectivity index (χ1) is 7.32. The summed E-state index contributed by atoms with van der Waals surface area (Å²) in [7, 11) is 0. The molecule has 0 saturated heterocycles. The lowest BCUT2D eigenvalue weighted by Crippen LogP contribution is -2.39. The zero-order chi connectivity index (χ0) is 12.0. The first kappa shape index (κ1) is 11.2. The van der Waals surface area contributed by atoms with Crippen molar-refractivity contribution in [1.29, 1.82) is 0 Å². The van der Waals surface area contributed by atoms with Gasteiger partial charge in [-0.2, -0.15) is 13.2 Å². The Labute approximate surface area is 91.2 Å². The van der Waals surface area contributed by atoms with Crippen LogP contribution in [-0.2, 0) is 12.0 Å². The minimum atomic E-state index is -4.66. The summed E-state index contributed by atoms with van der Waals surface area (Å²) >= 11 is 0. The molecule has 0 amide bonds. The summed E-state index contributed by atoms with van der Waals surface area (Å²) in [6.07, 6.45) is -0.268. The number of hydrogen-bond acceptors (Lipinski definition) is 1. The molecule has 2 rings (SSSR count). The number of aliphatic hydroxyl groups is 1. The van der Waals surface area contributed by atoms with Gasteiger partial charge in [-0.1, -0.05) is 24.3 Å². The average molecular weight is 228 g/mol. The molecule has 0 aromatic heterocycles. The van der Waals surface area contributed by atoms with Crippen molar-refractivity contribution >= 4 is 6.08 Å². The highest BCUT2D eigenvalue weighted by Crippen LogP contribution is 2.39. The molecular weight excluding hydrogens is 217 g/mol. The van der Waals surface area contributed by atoms with Crippen molar-refractivity contribution in [3.8, 4) is 0 Å². The molecule has 0 heterocycles. The fourth-order valence-electron chi connectivity index (χ4n) is 1.72. The maximum atomic E-state index is 12.6. The highest BCUT2D eigenvalue weighted by Gasteiger charge is 2.51. The third-order valence-corrected chi connectivity index (χ3v) is 2.90. The van der Waals surface area contributed by atoms with Crippen molar-refractivity contribution in [1.82, 2.24) is 0 Å². The largest absolute Gasteiger partial charge is 0.421 e. The van der Waals surface area contributed by atoms with Crippen molar-refractivity contribution in [3.63, 3.8) is 0 Å². The van der Waals surface area contributed by atoms with Crippen LogP contribution in [-0.4, -0.2) is 11.3 Å². The van der Waals surface area contributed by atoms with E-state index in [0.717, 1.165) is 24.5 Å². The molecule has 0 spiro atoms. The Balaban J connectivity index is 2.45. The van der Waals surface area contributed by atoms with E-state index < -0.39 is 11.8 Å². The highest BCUT2D eigenvalue weighted by atomic mass is 19.4. The summed E-state index contributed by atoms with van der Waals surface area (Å²) in [5.41, 5.74) is -1.17. The van der Waals surface area contributed by atoms with Crippen LogP contribution in [0.15, 0.2) is 24.3 Å². The topological polar surface area (TPSA) is 20.2 Å². The second-order valence-electron chi connectivity index (χ2n) is 4.09. The van der Waals surface area contributed by atoms with E-state index in [4.69, 9.17) is 0 Å². The normalized spacial score (nSPS) is 18.3. The van der Waals surface area contributed by atoms with Gasteiger partial charge in [0.1, 0.15) is 0 Å². The van der Waals surface area contributed by atoms with Crippen LogP contribution in [0, 0.1) is 0 Å². The van der Waals surface area contributed by atoms with Crippen molar-refractivity contribution in [2.24, 2.45) is 0 Å². The van der Waals surface area contributed by atoms with E-state index in [-0.39, 0.29) is 5.56 Å². The van der Waals surface area contributed by atoms with Crippen LogP contribution in [0.2, 0.25) is 0 Å². The van der Waals surface area contributed by atoms with Gasteiger partial charge in [-0.15, -0.1) is 0 Å². The van der Waals surface area contributed by atoms with Crippen LogP contribution >= 0.6 is 0 Å². The minimum absolute atomic E-state index is 0.120. The molecule has 1 aromatic carbocycles. The van der Waals surface area contributed by atoms with E-state index in [1.807, 2.05) is 6.08 Å². The second-order valence-corrected chi connectivity index (χ2v) is 4.09. The Kier molecular flexibility index (Phi) is 2.35. The molecular formula is C12H11F3O. The summed E-state index contributed by atoms with van der Waals surface area (Å²) in [4.78, 5) is 0. The smallest absolute Gasteiger partial charge is 0.376 e. The Hall–Kier alpha value is -1.29. The fraction of sp³-hybridized carbons (Fsp3) is 0.333. The van der Waals surface area contributed by atoms with Gasteiger partial charge in [0.05, 0.1) is 0 Å². The molecule has 1 aromatic rings. The summed E-state index contributed by atoms with van der Waals surface area (Å²) in [5, 5.41) is 9.50. The van der Waals surface area contributed by atoms with E-state index >= 15 is 0 Å². The van der Waals surface area contributed by atoms with Crippen molar-refractivity contribution in [2.45, 2.75) is 25.1 Å². The van der Waals surface area contributed by atoms with Gasteiger partial charge in [-0.3, -0.25) is 0 Å². The van der Waals surface area contributed by atoms with Crippen LogP contribution in [0.4, 0.5) is 13.2 Å². The van der Waals surface area contributed by atoms with E-state index in [2.05, 4.69) is 0 Å². The molecule has 0 fully saturated rings. The third kappa shape index (κ3) is 1.63. The Bertz CT molecular complexity index is 444. The van der Waals surface area contributed by atoms with Gasteiger partial charge in [-0.05, 0) is 36.1 Å². The lowest BCUT2D eigenvalue weighted by Gasteiger charge is -2.27. The number of hydrogen-bond donors (Lipinski definition) is 1. The first-order valence-corrected chi connectivity index (χ1v) is 4.91. The predicted octanol–water partition coefficient (Wildman–Crippen LogP) is 3.03. The molecule has 1 unspecified atom stereocenters. The standard InChI is InChI=1S/C12H11F3O/c1-11(16,12(13,14)15)10-6-5-8-3-2-4-9(8)7-10/h2,4-7,16H,3H2,1H3. The van der Waals surface area contributed by atoms with Gasteiger partial charge in [0.2, 0.25) is 0 Å². The van der Waals surface area contributed by atoms with Crippen molar-refractivity contribution in [2.75, 3.05) is 0 Å².